The quantitative estimate of drug-likeness (QED) is 0.786. The Kier molecular flexibility index (Phi) is 2.16. The predicted molar refractivity (Wildman–Crippen MR) is 61.1 cm³/mol. The van der Waals surface area contributed by atoms with Gasteiger partial charge in [0.25, 0.3) is 0 Å². The second kappa shape index (κ2) is 3.56. The lowest BCUT2D eigenvalue weighted by Crippen LogP contribution is -2.29. The molecule has 0 saturated heterocycles. The summed E-state index contributed by atoms with van der Waals surface area (Å²) in [7, 11) is 0. The summed E-state index contributed by atoms with van der Waals surface area (Å²) < 4.78 is 1.23. The number of hydrogen-bond donors (Lipinski definition) is 2. The van der Waals surface area contributed by atoms with Crippen LogP contribution in [0.3, 0.4) is 0 Å². The molecule has 88 valence electrons. The van der Waals surface area contributed by atoms with Gasteiger partial charge in [-0.2, -0.15) is 0 Å². The lowest BCUT2D eigenvalue weighted by Gasteiger charge is -2.30. The Balaban J connectivity index is 2.16. The van der Waals surface area contributed by atoms with E-state index in [1.165, 1.54) is 4.57 Å². The first-order chi connectivity index (χ1) is 8.16. The molecule has 0 amide bonds. The molecular weight excluding hydrogens is 220 g/mol. The molecule has 0 unspecified atom stereocenters. The van der Waals surface area contributed by atoms with Gasteiger partial charge in [0, 0.05) is 5.92 Å². The van der Waals surface area contributed by atoms with Crippen LogP contribution in [0.25, 0.3) is 11.0 Å². The van der Waals surface area contributed by atoms with Crippen molar-refractivity contribution in [3.05, 3.63) is 30.1 Å². The minimum Gasteiger partial charge on any atom is -0.464 e. The minimum absolute atomic E-state index is 0.0495. The summed E-state index contributed by atoms with van der Waals surface area (Å²) in [6.07, 6.45) is -0.148. The molecule has 1 aromatic heterocycles. The molecule has 2 N–H and O–H groups in total. The third-order valence-electron chi connectivity index (χ3n) is 3.26. The molecule has 1 fully saturated rings. The standard InChI is InChI=1S/C12H12N2O3/c15-8-5-7(6-8)11-13-9-3-1-2-4-10(9)14(11)12(16)17/h1-4,7-8,15H,5-6H2,(H,16,17). The molecule has 17 heavy (non-hydrogen) atoms. The van der Waals surface area contributed by atoms with Gasteiger partial charge in [-0.3, -0.25) is 0 Å². The lowest BCUT2D eigenvalue weighted by molar-refractivity contribution is 0.0706. The number of nitrogens with zero attached hydrogens (tertiary/aromatic N) is 2. The highest BCUT2D eigenvalue weighted by molar-refractivity contribution is 5.86. The Morgan fingerprint density at radius 1 is 1.35 bits per heavy atom. The number of aliphatic hydroxyl groups excluding tert-OH is 1. The number of imidazole rings is 1. The molecule has 5 heteroatoms. The largest absolute Gasteiger partial charge is 0.464 e. The van der Waals surface area contributed by atoms with Gasteiger partial charge in [-0.15, -0.1) is 0 Å². The van der Waals surface area contributed by atoms with Crippen molar-refractivity contribution in [3.8, 4) is 0 Å². The van der Waals surface area contributed by atoms with E-state index in [2.05, 4.69) is 4.98 Å². The van der Waals surface area contributed by atoms with Crippen LogP contribution < -0.4 is 0 Å². The normalized spacial score (nSPS) is 23.6. The van der Waals surface area contributed by atoms with Crippen LogP contribution >= 0.6 is 0 Å². The SMILES string of the molecule is O=C(O)n1c(C2CC(O)C2)nc2ccccc21. The molecule has 0 aliphatic heterocycles. The summed E-state index contributed by atoms with van der Waals surface area (Å²) in [5, 5.41) is 18.5. The molecule has 2 aromatic rings. The number of para-hydroxylation sites is 2. The molecule has 0 atom stereocenters. The second-order valence-electron chi connectivity index (χ2n) is 4.40. The molecule has 1 aliphatic rings. The van der Waals surface area contributed by atoms with Crippen molar-refractivity contribution in [2.45, 2.75) is 24.9 Å². The van der Waals surface area contributed by atoms with E-state index in [1.54, 1.807) is 18.2 Å². The Morgan fingerprint density at radius 2 is 2.06 bits per heavy atom. The molecule has 1 aliphatic carbocycles. The van der Waals surface area contributed by atoms with E-state index in [-0.39, 0.29) is 12.0 Å². The molecule has 1 saturated carbocycles. The summed E-state index contributed by atoms with van der Waals surface area (Å²) in [6.45, 7) is 0. The Morgan fingerprint density at radius 3 is 2.71 bits per heavy atom. The molecule has 1 aromatic carbocycles. The lowest BCUT2D eigenvalue weighted by atomic mass is 9.82. The molecule has 3 rings (SSSR count). The summed E-state index contributed by atoms with van der Waals surface area (Å²) in [6, 6.07) is 7.17. The third kappa shape index (κ3) is 1.51. The number of aliphatic hydroxyl groups is 1. The van der Waals surface area contributed by atoms with Gasteiger partial charge in [0.1, 0.15) is 5.82 Å². The topological polar surface area (TPSA) is 75.3 Å². The van der Waals surface area contributed by atoms with Crippen molar-refractivity contribution in [2.75, 3.05) is 0 Å². The monoisotopic (exact) mass is 232 g/mol. The average Bonchev–Trinajstić information content (AvgIpc) is 2.63. The molecule has 0 radical (unpaired) electrons. The van der Waals surface area contributed by atoms with E-state index in [1.807, 2.05) is 6.07 Å². The highest BCUT2D eigenvalue weighted by atomic mass is 16.4. The van der Waals surface area contributed by atoms with Crippen LogP contribution in [0, 0.1) is 0 Å². The van der Waals surface area contributed by atoms with Gasteiger partial charge in [-0.25, -0.2) is 14.3 Å². The van der Waals surface area contributed by atoms with Crippen molar-refractivity contribution in [2.24, 2.45) is 0 Å². The number of carboxylic acid groups (broad SMARTS) is 1. The number of fused-ring (bicyclic) bond motifs is 1. The zero-order valence-corrected chi connectivity index (χ0v) is 9.08. The summed E-state index contributed by atoms with van der Waals surface area (Å²) in [5.41, 5.74) is 1.29. The Bertz CT molecular complexity index is 584. The van der Waals surface area contributed by atoms with Gasteiger partial charge >= 0.3 is 6.09 Å². The van der Waals surface area contributed by atoms with E-state index < -0.39 is 6.09 Å². The van der Waals surface area contributed by atoms with E-state index in [9.17, 15) is 15.0 Å². The molecule has 5 nitrogen and oxygen atoms in total. The maximum atomic E-state index is 11.3. The number of rotatable bonds is 1. The number of hydrogen-bond acceptors (Lipinski definition) is 3. The van der Waals surface area contributed by atoms with Crippen molar-refractivity contribution < 1.29 is 15.0 Å². The van der Waals surface area contributed by atoms with E-state index >= 15 is 0 Å². The minimum atomic E-state index is -1.02. The van der Waals surface area contributed by atoms with E-state index in [0.29, 0.717) is 29.7 Å². The van der Waals surface area contributed by atoms with E-state index in [0.717, 1.165) is 0 Å². The van der Waals surface area contributed by atoms with Crippen molar-refractivity contribution in [3.63, 3.8) is 0 Å². The Labute approximate surface area is 97.3 Å². The summed E-state index contributed by atoms with van der Waals surface area (Å²) in [5.74, 6) is 0.595. The van der Waals surface area contributed by atoms with Crippen LogP contribution in [0.15, 0.2) is 24.3 Å². The number of carbonyl (C=O) groups is 1. The first kappa shape index (κ1) is 10.3. The van der Waals surface area contributed by atoms with Gasteiger partial charge in [0.05, 0.1) is 17.1 Å². The van der Waals surface area contributed by atoms with Crippen LogP contribution in [-0.4, -0.2) is 32.0 Å². The fourth-order valence-electron chi connectivity index (χ4n) is 2.32. The Hall–Kier alpha value is -1.88. The molecule has 0 spiro atoms. The number of benzene rings is 1. The van der Waals surface area contributed by atoms with Crippen LogP contribution in [0.4, 0.5) is 4.79 Å². The van der Waals surface area contributed by atoms with Crippen LogP contribution in [-0.2, 0) is 0 Å². The van der Waals surface area contributed by atoms with Crippen molar-refractivity contribution in [1.29, 1.82) is 0 Å². The maximum absolute atomic E-state index is 11.3. The van der Waals surface area contributed by atoms with Crippen LogP contribution in [0.1, 0.15) is 24.6 Å². The summed E-state index contributed by atoms with van der Waals surface area (Å²) >= 11 is 0. The fourth-order valence-corrected chi connectivity index (χ4v) is 2.32. The predicted octanol–water partition coefficient (Wildman–Crippen LogP) is 1.80. The maximum Gasteiger partial charge on any atom is 0.417 e. The van der Waals surface area contributed by atoms with Crippen LogP contribution in [0.5, 0.6) is 0 Å². The number of aromatic nitrogens is 2. The van der Waals surface area contributed by atoms with Crippen LogP contribution in [0.2, 0.25) is 0 Å². The third-order valence-corrected chi connectivity index (χ3v) is 3.26. The van der Waals surface area contributed by atoms with Gasteiger partial charge in [-0.05, 0) is 25.0 Å². The second-order valence-corrected chi connectivity index (χ2v) is 4.40. The van der Waals surface area contributed by atoms with Crippen molar-refractivity contribution in [1.82, 2.24) is 9.55 Å². The van der Waals surface area contributed by atoms with Gasteiger partial charge in [-0.1, -0.05) is 12.1 Å². The first-order valence-corrected chi connectivity index (χ1v) is 5.55. The van der Waals surface area contributed by atoms with Gasteiger partial charge in [0.2, 0.25) is 0 Å². The molecule has 1 heterocycles. The first-order valence-electron chi connectivity index (χ1n) is 5.55. The zero-order valence-electron chi connectivity index (χ0n) is 9.08. The zero-order chi connectivity index (χ0) is 12.0. The van der Waals surface area contributed by atoms with Gasteiger partial charge in [0.15, 0.2) is 0 Å². The van der Waals surface area contributed by atoms with Gasteiger partial charge < -0.3 is 10.2 Å². The summed E-state index contributed by atoms with van der Waals surface area (Å²) in [4.78, 5) is 15.6. The molecular formula is C12H12N2O3. The average molecular weight is 232 g/mol. The highest BCUT2D eigenvalue weighted by Crippen LogP contribution is 2.37. The fraction of sp³-hybridized carbons (Fsp3) is 0.333. The smallest absolute Gasteiger partial charge is 0.417 e. The molecule has 0 bridgehead atoms. The van der Waals surface area contributed by atoms with Crippen molar-refractivity contribution >= 4 is 17.1 Å². The highest BCUT2D eigenvalue weighted by Gasteiger charge is 2.33. The van der Waals surface area contributed by atoms with E-state index in [4.69, 9.17) is 0 Å².